The van der Waals surface area contributed by atoms with Crippen molar-refractivity contribution in [3.8, 4) is 0 Å². The molecule has 0 radical (unpaired) electrons. The van der Waals surface area contributed by atoms with E-state index in [0.29, 0.717) is 29.2 Å². The molecule has 4 amide bonds. The van der Waals surface area contributed by atoms with E-state index < -0.39 is 71.1 Å². The molecule has 0 spiro atoms. The highest BCUT2D eigenvalue weighted by molar-refractivity contribution is 6.16. The number of amides is 4. The van der Waals surface area contributed by atoms with Gasteiger partial charge in [-0.15, -0.1) is 0 Å². The van der Waals surface area contributed by atoms with Crippen LogP contribution in [-0.4, -0.2) is 81.0 Å². The third kappa shape index (κ3) is 11.3. The molecule has 0 unspecified atom stereocenters. The molecule has 2 N–H and O–H groups in total. The van der Waals surface area contributed by atoms with Gasteiger partial charge in [-0.2, -0.15) is 0 Å². The number of hydrogen-bond donors (Lipinski definition) is 1. The summed E-state index contributed by atoms with van der Waals surface area (Å²) in [6.45, 7) is 15.1. The molecule has 1 aliphatic rings. The van der Waals surface area contributed by atoms with Crippen molar-refractivity contribution in [3.05, 3.63) is 0 Å². The maximum atomic E-state index is 13.7. The number of carbonyl (C=O) groups excluding carboxylic acids is 6. The molecule has 1 aliphatic heterocycles. The monoisotopic (exact) mass is 555 g/mol. The molecule has 0 aromatic heterocycles. The van der Waals surface area contributed by atoms with Crippen molar-refractivity contribution < 1.29 is 43.0 Å². The Morgan fingerprint density at radius 3 is 1.51 bits per heavy atom. The van der Waals surface area contributed by atoms with Gasteiger partial charge in [-0.3, -0.25) is 14.4 Å². The summed E-state index contributed by atoms with van der Waals surface area (Å²) < 4.78 is 16.2. The Balaban J connectivity index is 3.44. The minimum absolute atomic E-state index is 0.0562. The normalized spacial score (nSPS) is 16.6. The van der Waals surface area contributed by atoms with Crippen molar-refractivity contribution in [3.63, 3.8) is 0 Å². The van der Waals surface area contributed by atoms with Gasteiger partial charge in [0.1, 0.15) is 35.3 Å². The molecule has 12 heteroatoms. The maximum Gasteiger partial charge on any atom is 0.335 e. The summed E-state index contributed by atoms with van der Waals surface area (Å²) in [6, 6.07) is -4.02. The van der Waals surface area contributed by atoms with Gasteiger partial charge in [-0.1, -0.05) is 0 Å². The zero-order valence-electron chi connectivity index (χ0n) is 24.8. The molecule has 0 bridgehead atoms. The molecule has 0 aliphatic carbocycles. The molecule has 2 atom stereocenters. The number of rotatable bonds is 11. The summed E-state index contributed by atoms with van der Waals surface area (Å²) in [5, 5.41) is 0. The van der Waals surface area contributed by atoms with Crippen LogP contribution >= 0.6 is 0 Å². The fourth-order valence-corrected chi connectivity index (χ4v) is 3.82. The highest BCUT2D eigenvalue weighted by Crippen LogP contribution is 2.26. The fraction of sp³-hybridized carbons (Fsp3) is 0.778. The standard InChI is InChI=1S/C27H45N3O9/c1-25(2,3)37-21(33)14-13-18(23(35)39-27(7,8)9)30-20(32)16-19(31)29(24(30)36)17(12-10-11-15-28)22(34)38-26(4,5)6/h17-18H,10-16,28H2,1-9H3/t17-,18-/m0/s1. The van der Waals surface area contributed by atoms with Gasteiger partial charge in [0.25, 0.3) is 0 Å². The smallest absolute Gasteiger partial charge is 0.335 e. The fourth-order valence-electron chi connectivity index (χ4n) is 3.82. The molecular weight excluding hydrogens is 510 g/mol. The number of unbranched alkanes of at least 4 members (excludes halogenated alkanes) is 1. The molecule has 1 saturated heterocycles. The van der Waals surface area contributed by atoms with Gasteiger partial charge in [-0.05, 0) is 94.5 Å². The summed E-state index contributed by atoms with van der Waals surface area (Å²) in [6.07, 6.45) is -0.381. The Bertz CT molecular complexity index is 942. The van der Waals surface area contributed by atoms with Gasteiger partial charge in [0.2, 0.25) is 11.8 Å². The molecule has 39 heavy (non-hydrogen) atoms. The van der Waals surface area contributed by atoms with E-state index >= 15 is 0 Å². The molecule has 0 aromatic rings. The highest BCUT2D eigenvalue weighted by Gasteiger charge is 2.49. The second-order valence-electron chi connectivity index (χ2n) is 12.5. The number of nitrogens with zero attached hydrogens (tertiary/aromatic N) is 2. The van der Waals surface area contributed by atoms with Crippen LogP contribution < -0.4 is 5.73 Å². The molecule has 222 valence electrons. The predicted octanol–water partition coefficient (Wildman–Crippen LogP) is 2.84. The first-order valence-electron chi connectivity index (χ1n) is 13.2. The van der Waals surface area contributed by atoms with Crippen molar-refractivity contribution >= 4 is 35.8 Å². The summed E-state index contributed by atoms with van der Waals surface area (Å²) in [4.78, 5) is 79.8. The predicted molar refractivity (Wildman–Crippen MR) is 141 cm³/mol. The van der Waals surface area contributed by atoms with Gasteiger partial charge >= 0.3 is 23.9 Å². The Hall–Kier alpha value is -3.02. The van der Waals surface area contributed by atoms with E-state index in [-0.39, 0.29) is 19.3 Å². The summed E-state index contributed by atoms with van der Waals surface area (Å²) in [5.74, 6) is -4.22. The van der Waals surface area contributed by atoms with Gasteiger partial charge in [-0.25, -0.2) is 24.2 Å². The Kier molecular flexibility index (Phi) is 11.7. The second kappa shape index (κ2) is 13.4. The largest absolute Gasteiger partial charge is 0.460 e. The van der Waals surface area contributed by atoms with Gasteiger partial charge < -0.3 is 19.9 Å². The SMILES string of the molecule is CC(C)(C)OC(=O)CC[C@@H](C(=O)OC(C)(C)C)N1C(=O)CC(=O)N([C@@H](CCCCN)C(=O)OC(C)(C)C)C1=O. The van der Waals surface area contributed by atoms with E-state index in [4.69, 9.17) is 19.9 Å². The molecule has 12 nitrogen and oxygen atoms in total. The molecule has 1 fully saturated rings. The Morgan fingerprint density at radius 1 is 0.718 bits per heavy atom. The quantitative estimate of drug-likeness (QED) is 0.174. The maximum absolute atomic E-state index is 13.7. The van der Waals surface area contributed by atoms with Crippen LogP contribution in [-0.2, 0) is 38.2 Å². The van der Waals surface area contributed by atoms with Crippen molar-refractivity contribution in [2.75, 3.05) is 6.54 Å². The number of barbiturate groups is 1. The topological polar surface area (TPSA) is 163 Å². The number of urea groups is 1. The lowest BCUT2D eigenvalue weighted by atomic mass is 10.0. The lowest BCUT2D eigenvalue weighted by molar-refractivity contribution is -0.170. The number of esters is 3. The van der Waals surface area contributed by atoms with Crippen LogP contribution in [0.3, 0.4) is 0 Å². The third-order valence-corrected chi connectivity index (χ3v) is 5.21. The minimum atomic E-state index is -1.53. The zero-order chi connectivity index (χ0) is 30.3. The van der Waals surface area contributed by atoms with Crippen LogP contribution in [0.15, 0.2) is 0 Å². The molecule has 1 heterocycles. The second-order valence-corrected chi connectivity index (χ2v) is 12.5. The van der Waals surface area contributed by atoms with Crippen LogP contribution in [0.1, 0.15) is 101 Å². The Labute approximate surface area is 230 Å². The summed E-state index contributed by atoms with van der Waals surface area (Å²) in [7, 11) is 0. The first-order chi connectivity index (χ1) is 17.7. The molecule has 0 aromatic carbocycles. The first kappa shape index (κ1) is 34.0. The van der Waals surface area contributed by atoms with Gasteiger partial charge in [0.05, 0.1) is 0 Å². The van der Waals surface area contributed by atoms with E-state index in [2.05, 4.69) is 0 Å². The van der Waals surface area contributed by atoms with Crippen LogP contribution in [0.25, 0.3) is 0 Å². The van der Waals surface area contributed by atoms with Crippen molar-refractivity contribution in [1.82, 2.24) is 9.80 Å². The number of carbonyl (C=O) groups is 6. The van der Waals surface area contributed by atoms with Gasteiger partial charge in [0, 0.05) is 6.42 Å². The zero-order valence-corrected chi connectivity index (χ0v) is 24.8. The first-order valence-corrected chi connectivity index (χ1v) is 13.2. The van der Waals surface area contributed by atoms with E-state index in [1.54, 1.807) is 62.3 Å². The average Bonchev–Trinajstić information content (AvgIpc) is 2.70. The van der Waals surface area contributed by atoms with E-state index in [0.717, 1.165) is 0 Å². The summed E-state index contributed by atoms with van der Waals surface area (Å²) in [5.41, 5.74) is 2.91. The van der Waals surface area contributed by atoms with Crippen LogP contribution in [0.5, 0.6) is 0 Å². The van der Waals surface area contributed by atoms with Crippen molar-refractivity contribution in [2.24, 2.45) is 5.73 Å². The molecule has 0 saturated carbocycles. The lowest BCUT2D eigenvalue weighted by Crippen LogP contribution is -2.64. The number of ether oxygens (including phenoxy) is 3. The molecular formula is C27H45N3O9. The van der Waals surface area contributed by atoms with Crippen molar-refractivity contribution in [2.45, 2.75) is 130 Å². The van der Waals surface area contributed by atoms with Crippen molar-refractivity contribution in [1.29, 1.82) is 0 Å². The van der Waals surface area contributed by atoms with E-state index in [1.807, 2.05) is 0 Å². The van der Waals surface area contributed by atoms with Crippen LogP contribution in [0, 0.1) is 0 Å². The van der Waals surface area contributed by atoms with Crippen LogP contribution in [0.4, 0.5) is 4.79 Å². The highest BCUT2D eigenvalue weighted by atomic mass is 16.6. The third-order valence-electron chi connectivity index (χ3n) is 5.21. The number of imide groups is 2. The van der Waals surface area contributed by atoms with E-state index in [9.17, 15) is 28.8 Å². The number of hydrogen-bond acceptors (Lipinski definition) is 10. The van der Waals surface area contributed by atoms with Crippen LogP contribution in [0.2, 0.25) is 0 Å². The Morgan fingerprint density at radius 2 is 1.13 bits per heavy atom. The average molecular weight is 556 g/mol. The lowest BCUT2D eigenvalue weighted by Gasteiger charge is -2.40. The van der Waals surface area contributed by atoms with E-state index in [1.165, 1.54) is 0 Å². The molecule has 1 rings (SSSR count). The summed E-state index contributed by atoms with van der Waals surface area (Å²) >= 11 is 0. The minimum Gasteiger partial charge on any atom is -0.460 e. The van der Waals surface area contributed by atoms with Gasteiger partial charge in [0.15, 0.2) is 0 Å². The number of nitrogens with two attached hydrogens (primary N) is 1.